The third kappa shape index (κ3) is 4.14. The van der Waals surface area contributed by atoms with Gasteiger partial charge >= 0.3 is 0 Å². The number of aryl methyl sites for hydroxylation is 1. The zero-order chi connectivity index (χ0) is 16.1. The molecule has 22 heavy (non-hydrogen) atoms. The summed E-state index contributed by atoms with van der Waals surface area (Å²) in [7, 11) is 1.45. The highest BCUT2D eigenvalue weighted by Crippen LogP contribution is 2.38. The molecule has 0 amide bonds. The molecule has 0 aliphatic heterocycles. The molecule has 0 aliphatic carbocycles. The maximum absolute atomic E-state index is 11.0. The van der Waals surface area contributed by atoms with Crippen molar-refractivity contribution in [1.82, 2.24) is 0 Å². The molecule has 1 atom stereocenters. The van der Waals surface area contributed by atoms with Crippen molar-refractivity contribution >= 4 is 11.8 Å². The summed E-state index contributed by atoms with van der Waals surface area (Å²) in [5.74, 6) is 0.335. The van der Waals surface area contributed by atoms with Crippen LogP contribution < -0.4 is 4.74 Å². The quantitative estimate of drug-likeness (QED) is 0.498. The molecule has 0 saturated heterocycles. The highest BCUT2D eigenvalue weighted by molar-refractivity contribution is 7.99. The van der Waals surface area contributed by atoms with Gasteiger partial charge in [0.25, 0.3) is 0 Å². The highest BCUT2D eigenvalue weighted by Gasteiger charge is 2.21. The first kappa shape index (κ1) is 16.2. The van der Waals surface area contributed by atoms with Crippen LogP contribution in [0.5, 0.6) is 11.5 Å². The van der Waals surface area contributed by atoms with Crippen molar-refractivity contribution < 1.29 is 14.8 Å². The van der Waals surface area contributed by atoms with Crippen molar-refractivity contribution in [1.29, 1.82) is 0 Å². The van der Waals surface area contributed by atoms with E-state index in [1.807, 2.05) is 31.2 Å². The van der Waals surface area contributed by atoms with Gasteiger partial charge < -0.3 is 9.84 Å². The first-order valence-electron chi connectivity index (χ1n) is 6.71. The fourth-order valence-electron chi connectivity index (χ4n) is 2.02. The van der Waals surface area contributed by atoms with Gasteiger partial charge in [0.1, 0.15) is 0 Å². The van der Waals surface area contributed by atoms with E-state index >= 15 is 0 Å². The first-order valence-corrected chi connectivity index (χ1v) is 7.59. The first-order chi connectivity index (χ1) is 10.5. The van der Waals surface area contributed by atoms with E-state index in [0.29, 0.717) is 5.75 Å². The number of aromatic hydroxyl groups is 1. The van der Waals surface area contributed by atoms with Crippen molar-refractivity contribution in [3.8, 4) is 11.5 Å². The van der Waals surface area contributed by atoms with Crippen molar-refractivity contribution in [2.24, 2.45) is 0 Å². The number of nitrogens with zero attached hydrogens (tertiary/aromatic N) is 1. The number of hydrogen-bond donors (Lipinski definition) is 1. The fraction of sp³-hybridized carbons (Fsp3) is 0.250. The molecule has 1 unspecified atom stereocenters. The van der Waals surface area contributed by atoms with Gasteiger partial charge in [0.15, 0.2) is 11.5 Å². The Labute approximate surface area is 133 Å². The van der Waals surface area contributed by atoms with E-state index in [1.54, 1.807) is 12.1 Å². The molecule has 0 fully saturated rings. The highest BCUT2D eigenvalue weighted by atomic mass is 32.2. The van der Waals surface area contributed by atoms with Crippen LogP contribution in [0, 0.1) is 17.0 Å². The van der Waals surface area contributed by atoms with Gasteiger partial charge in [-0.25, -0.2) is 0 Å². The van der Waals surface area contributed by atoms with Crippen LogP contribution in [-0.4, -0.2) is 23.7 Å². The Hall–Kier alpha value is -2.21. The smallest absolute Gasteiger partial charge is 0.220 e. The van der Waals surface area contributed by atoms with Crippen molar-refractivity contribution in [2.75, 3.05) is 13.7 Å². The van der Waals surface area contributed by atoms with E-state index in [1.165, 1.54) is 24.9 Å². The van der Waals surface area contributed by atoms with E-state index < -0.39 is 0 Å². The molecule has 0 radical (unpaired) electrons. The maximum atomic E-state index is 11.0. The normalized spacial score (nSPS) is 11.9. The average Bonchev–Trinajstić information content (AvgIpc) is 2.49. The number of methoxy groups -OCH3 is 1. The molecule has 6 heteroatoms. The van der Waals surface area contributed by atoms with Gasteiger partial charge in [-0.2, -0.15) is 0 Å². The number of ether oxygens (including phenoxy) is 1. The standard InChI is InChI=1S/C16H17NO4S/c1-11-3-6-13(7-4-11)22-16(10-17(19)20)12-5-8-14(18)15(9-12)21-2/h3-9,16,18H,10H2,1-2H3. The molecule has 2 aromatic carbocycles. The average molecular weight is 319 g/mol. The number of nitro groups is 1. The lowest BCUT2D eigenvalue weighted by atomic mass is 10.1. The molecule has 0 bridgehead atoms. The number of thioether (sulfide) groups is 1. The number of hydrogen-bond acceptors (Lipinski definition) is 5. The maximum Gasteiger partial charge on any atom is 0.220 e. The molecule has 2 aromatic rings. The lowest BCUT2D eigenvalue weighted by molar-refractivity contribution is -0.479. The minimum absolute atomic E-state index is 0.0199. The summed E-state index contributed by atoms with van der Waals surface area (Å²) in [5.41, 5.74) is 1.89. The van der Waals surface area contributed by atoms with Crippen LogP contribution in [0.3, 0.4) is 0 Å². The van der Waals surface area contributed by atoms with Gasteiger partial charge in [0.05, 0.1) is 12.4 Å². The van der Waals surface area contributed by atoms with Gasteiger partial charge in [-0.15, -0.1) is 11.8 Å². The predicted molar refractivity (Wildman–Crippen MR) is 86.3 cm³/mol. The van der Waals surface area contributed by atoms with Gasteiger partial charge in [0, 0.05) is 9.82 Å². The number of phenols is 1. The van der Waals surface area contributed by atoms with Gasteiger partial charge in [-0.05, 0) is 36.8 Å². The molecule has 0 heterocycles. The zero-order valence-corrected chi connectivity index (χ0v) is 13.2. The molecule has 116 valence electrons. The molecule has 0 aromatic heterocycles. The third-order valence-electron chi connectivity index (χ3n) is 3.19. The Morgan fingerprint density at radius 2 is 1.95 bits per heavy atom. The van der Waals surface area contributed by atoms with E-state index in [-0.39, 0.29) is 22.5 Å². The lowest BCUT2D eigenvalue weighted by Gasteiger charge is -2.15. The number of rotatable bonds is 6. The van der Waals surface area contributed by atoms with Crippen LogP contribution in [0.4, 0.5) is 0 Å². The topological polar surface area (TPSA) is 72.6 Å². The van der Waals surface area contributed by atoms with Crippen LogP contribution in [0.1, 0.15) is 16.4 Å². The van der Waals surface area contributed by atoms with Crippen LogP contribution in [0.25, 0.3) is 0 Å². The monoisotopic (exact) mass is 319 g/mol. The molecular weight excluding hydrogens is 302 g/mol. The molecule has 0 spiro atoms. The summed E-state index contributed by atoms with van der Waals surface area (Å²) in [6.07, 6.45) is 0. The van der Waals surface area contributed by atoms with E-state index in [0.717, 1.165) is 16.0 Å². The molecule has 5 nitrogen and oxygen atoms in total. The zero-order valence-electron chi connectivity index (χ0n) is 12.4. The molecule has 0 saturated carbocycles. The Balaban J connectivity index is 2.29. The van der Waals surface area contributed by atoms with Crippen molar-refractivity contribution in [3.05, 3.63) is 63.7 Å². The third-order valence-corrected chi connectivity index (χ3v) is 4.44. The largest absolute Gasteiger partial charge is 0.504 e. The minimum atomic E-state index is -0.354. The summed E-state index contributed by atoms with van der Waals surface area (Å²) < 4.78 is 5.08. The van der Waals surface area contributed by atoms with E-state index in [4.69, 9.17) is 4.74 Å². The molecule has 0 aliphatic rings. The van der Waals surface area contributed by atoms with Crippen LogP contribution in [0.15, 0.2) is 47.4 Å². The van der Waals surface area contributed by atoms with Crippen LogP contribution in [0.2, 0.25) is 0 Å². The second-order valence-corrected chi connectivity index (χ2v) is 6.14. The van der Waals surface area contributed by atoms with Crippen LogP contribution in [-0.2, 0) is 0 Å². The summed E-state index contributed by atoms with van der Waals surface area (Å²) in [6, 6.07) is 12.7. The lowest BCUT2D eigenvalue weighted by Crippen LogP contribution is -2.10. The second kappa shape index (κ2) is 7.17. The summed E-state index contributed by atoms with van der Waals surface area (Å²) in [6.45, 7) is 1.79. The van der Waals surface area contributed by atoms with Crippen molar-refractivity contribution in [2.45, 2.75) is 17.1 Å². The van der Waals surface area contributed by atoms with Crippen LogP contribution >= 0.6 is 11.8 Å². The Bertz CT molecular complexity index is 658. The number of phenolic OH excluding ortho intramolecular Hbond substituents is 1. The molecule has 1 N–H and O–H groups in total. The Morgan fingerprint density at radius 3 is 2.55 bits per heavy atom. The summed E-state index contributed by atoms with van der Waals surface area (Å²) in [5, 5.41) is 20.3. The van der Waals surface area contributed by atoms with Gasteiger partial charge in [-0.1, -0.05) is 23.8 Å². The van der Waals surface area contributed by atoms with Gasteiger partial charge in [0.2, 0.25) is 6.54 Å². The molecular formula is C16H17NO4S. The van der Waals surface area contributed by atoms with Crippen molar-refractivity contribution in [3.63, 3.8) is 0 Å². The summed E-state index contributed by atoms with van der Waals surface area (Å²) >= 11 is 1.43. The SMILES string of the molecule is COc1cc(C(C[N+](=O)[O-])Sc2ccc(C)cc2)ccc1O. The molecule has 2 rings (SSSR count). The summed E-state index contributed by atoms with van der Waals surface area (Å²) in [4.78, 5) is 11.6. The van der Waals surface area contributed by atoms with Gasteiger partial charge in [-0.3, -0.25) is 10.1 Å². The number of benzene rings is 2. The second-order valence-electron chi connectivity index (χ2n) is 4.87. The predicted octanol–water partition coefficient (Wildman–Crippen LogP) is 3.82. The minimum Gasteiger partial charge on any atom is -0.504 e. The fourth-order valence-corrected chi connectivity index (χ4v) is 3.12. The Morgan fingerprint density at radius 1 is 1.27 bits per heavy atom. The Kier molecular flexibility index (Phi) is 5.27. The van der Waals surface area contributed by atoms with E-state index in [2.05, 4.69) is 0 Å². The van der Waals surface area contributed by atoms with E-state index in [9.17, 15) is 15.2 Å².